The molecule has 32 heavy (non-hydrogen) atoms. The number of hydrogen-bond acceptors (Lipinski definition) is 3. The Kier molecular flexibility index (Phi) is 5.52. The molecule has 0 aliphatic heterocycles. The number of pyridine rings is 1. The fraction of sp³-hybridized carbons (Fsp3) is 0.609. The highest BCUT2D eigenvalue weighted by atomic mass is 19.4. The Balaban J connectivity index is 1.64. The number of benzene rings is 1. The van der Waals surface area contributed by atoms with Crippen LogP contribution in [0.1, 0.15) is 56.5 Å². The van der Waals surface area contributed by atoms with Crippen molar-refractivity contribution in [3.8, 4) is 0 Å². The molecule has 2 aromatic rings. The maximum atomic E-state index is 13.4. The normalized spacial score (nSPS) is 28.4. The van der Waals surface area contributed by atoms with Crippen LogP contribution in [0.15, 0.2) is 24.3 Å². The van der Waals surface area contributed by atoms with Crippen LogP contribution in [0, 0.1) is 23.2 Å². The van der Waals surface area contributed by atoms with Crippen LogP contribution in [0.4, 0.5) is 26.3 Å². The summed E-state index contributed by atoms with van der Waals surface area (Å²) in [6.07, 6.45) is -9.18. The summed E-state index contributed by atoms with van der Waals surface area (Å²) in [5.74, 6) is 1.41. The maximum absolute atomic E-state index is 13.4. The van der Waals surface area contributed by atoms with Gasteiger partial charge in [0.2, 0.25) is 0 Å². The molecule has 5 rings (SSSR count). The fourth-order valence-corrected chi connectivity index (χ4v) is 5.72. The van der Waals surface area contributed by atoms with E-state index in [1.165, 1.54) is 6.07 Å². The third-order valence-electron chi connectivity index (χ3n) is 7.75. The lowest BCUT2D eigenvalue weighted by molar-refractivity contribution is -0.142. The average molecular weight is 460 g/mol. The van der Waals surface area contributed by atoms with Crippen LogP contribution >= 0.6 is 0 Å². The lowest BCUT2D eigenvalue weighted by Gasteiger charge is -2.62. The molecule has 5 unspecified atom stereocenters. The lowest BCUT2D eigenvalue weighted by Crippen LogP contribution is -2.60. The predicted octanol–water partition coefficient (Wildman–Crippen LogP) is 5.97. The van der Waals surface area contributed by atoms with Crippen molar-refractivity contribution in [2.75, 3.05) is 6.54 Å². The summed E-state index contributed by atoms with van der Waals surface area (Å²) in [5, 5.41) is 13.9. The molecule has 2 bridgehead atoms. The average Bonchev–Trinajstić information content (AvgIpc) is 2.69. The molecule has 1 aromatic heterocycles. The van der Waals surface area contributed by atoms with Crippen LogP contribution in [0.5, 0.6) is 0 Å². The minimum atomic E-state index is -4.94. The van der Waals surface area contributed by atoms with Gasteiger partial charge in [0.25, 0.3) is 0 Å². The Morgan fingerprint density at radius 1 is 1.12 bits per heavy atom. The Morgan fingerprint density at radius 3 is 2.38 bits per heavy atom. The summed E-state index contributed by atoms with van der Waals surface area (Å²) in [6.45, 7) is 6.56. The first-order chi connectivity index (χ1) is 14.7. The Morgan fingerprint density at radius 2 is 1.81 bits per heavy atom. The summed E-state index contributed by atoms with van der Waals surface area (Å²) in [5.41, 5.74) is -3.48. The number of halogens is 6. The van der Waals surface area contributed by atoms with Crippen molar-refractivity contribution < 1.29 is 31.4 Å². The standard InChI is InChI=1S/C23H26F6N2O/c1-11-16-7-12(21(16,2)3)8-17(11)30-10-18(32)14-9-19(23(27,28)29)31-20-13(14)5-4-6-15(20)22(24,25)26/h4-6,9,11-12,16-18,30,32H,7-8,10H2,1-3H3. The van der Waals surface area contributed by atoms with Gasteiger partial charge in [-0.25, -0.2) is 4.98 Å². The number of nitrogens with zero attached hydrogens (tertiary/aromatic N) is 1. The molecule has 0 spiro atoms. The summed E-state index contributed by atoms with van der Waals surface area (Å²) >= 11 is 0. The second kappa shape index (κ2) is 7.58. The number of fused-ring (bicyclic) bond motifs is 3. The van der Waals surface area contributed by atoms with E-state index in [1.807, 2.05) is 0 Å². The highest BCUT2D eigenvalue weighted by molar-refractivity contribution is 5.86. The molecule has 0 saturated heterocycles. The second-order valence-corrected chi connectivity index (χ2v) is 9.78. The van der Waals surface area contributed by atoms with Crippen LogP contribution in [0.2, 0.25) is 0 Å². The first-order valence-electron chi connectivity index (χ1n) is 10.7. The molecule has 2 N–H and O–H groups in total. The van der Waals surface area contributed by atoms with E-state index >= 15 is 0 Å². The van der Waals surface area contributed by atoms with Crippen molar-refractivity contribution in [2.24, 2.45) is 23.2 Å². The highest BCUT2D eigenvalue weighted by Gasteiger charge is 2.56. The number of alkyl halides is 6. The summed E-state index contributed by atoms with van der Waals surface area (Å²) in [6, 6.07) is 3.82. The van der Waals surface area contributed by atoms with E-state index < -0.39 is 35.2 Å². The number of aliphatic hydroxyl groups excluding tert-OH is 1. The molecule has 1 heterocycles. The number of nitrogens with one attached hydrogen (secondary N) is 1. The topological polar surface area (TPSA) is 45.1 Å². The van der Waals surface area contributed by atoms with Crippen LogP contribution in [0.3, 0.4) is 0 Å². The maximum Gasteiger partial charge on any atom is 0.433 e. The number of aromatic nitrogens is 1. The third-order valence-corrected chi connectivity index (χ3v) is 7.75. The van der Waals surface area contributed by atoms with Gasteiger partial charge in [-0.05, 0) is 53.7 Å². The molecule has 3 saturated carbocycles. The SMILES string of the molecule is CC1C(NCC(O)c2cc(C(F)(F)F)nc3c(C(F)(F)F)cccc23)CC2CC1C2(C)C. The second-order valence-electron chi connectivity index (χ2n) is 9.78. The van der Waals surface area contributed by atoms with Gasteiger partial charge in [0.05, 0.1) is 17.2 Å². The van der Waals surface area contributed by atoms with Crippen molar-refractivity contribution >= 4 is 10.9 Å². The molecule has 176 valence electrons. The van der Waals surface area contributed by atoms with E-state index in [4.69, 9.17) is 0 Å². The highest BCUT2D eigenvalue weighted by Crippen LogP contribution is 2.61. The van der Waals surface area contributed by atoms with Crippen LogP contribution in [-0.4, -0.2) is 22.7 Å². The Hall–Kier alpha value is -1.87. The molecular weight excluding hydrogens is 434 g/mol. The van der Waals surface area contributed by atoms with E-state index in [9.17, 15) is 31.4 Å². The summed E-state index contributed by atoms with van der Waals surface area (Å²) < 4.78 is 80.4. The van der Waals surface area contributed by atoms with Gasteiger partial charge in [0, 0.05) is 18.0 Å². The monoisotopic (exact) mass is 460 g/mol. The molecule has 5 atom stereocenters. The molecular formula is C23H26F6N2O. The molecule has 3 aliphatic rings. The summed E-state index contributed by atoms with van der Waals surface area (Å²) in [7, 11) is 0. The van der Waals surface area contributed by atoms with E-state index in [2.05, 4.69) is 31.1 Å². The van der Waals surface area contributed by atoms with Crippen molar-refractivity contribution in [2.45, 2.75) is 58.1 Å². The third kappa shape index (κ3) is 3.87. The zero-order valence-electron chi connectivity index (χ0n) is 18.0. The first kappa shape index (κ1) is 23.3. The quantitative estimate of drug-likeness (QED) is 0.553. The minimum absolute atomic E-state index is 0.0540. The van der Waals surface area contributed by atoms with Crippen molar-refractivity contribution in [3.63, 3.8) is 0 Å². The number of aliphatic hydroxyl groups is 1. The van der Waals surface area contributed by atoms with Gasteiger partial charge >= 0.3 is 12.4 Å². The van der Waals surface area contributed by atoms with E-state index in [0.29, 0.717) is 29.9 Å². The zero-order valence-corrected chi connectivity index (χ0v) is 18.0. The van der Waals surface area contributed by atoms with Gasteiger partial charge in [-0.2, -0.15) is 26.3 Å². The number of para-hydroxylation sites is 1. The van der Waals surface area contributed by atoms with Gasteiger partial charge in [-0.3, -0.25) is 0 Å². The van der Waals surface area contributed by atoms with Gasteiger partial charge in [-0.1, -0.05) is 32.9 Å². The molecule has 3 fully saturated rings. The van der Waals surface area contributed by atoms with Crippen molar-refractivity contribution in [1.29, 1.82) is 0 Å². The minimum Gasteiger partial charge on any atom is -0.387 e. The number of hydrogen-bond donors (Lipinski definition) is 2. The van der Waals surface area contributed by atoms with Crippen molar-refractivity contribution in [3.05, 3.63) is 41.1 Å². The van der Waals surface area contributed by atoms with E-state index in [-0.39, 0.29) is 29.0 Å². The zero-order chi connectivity index (χ0) is 23.6. The Bertz CT molecular complexity index is 1020. The van der Waals surface area contributed by atoms with E-state index in [1.54, 1.807) is 0 Å². The molecule has 3 nitrogen and oxygen atoms in total. The van der Waals surface area contributed by atoms with Crippen LogP contribution in [-0.2, 0) is 12.4 Å². The van der Waals surface area contributed by atoms with Crippen LogP contribution in [0.25, 0.3) is 10.9 Å². The first-order valence-corrected chi connectivity index (χ1v) is 10.7. The molecule has 0 amide bonds. The van der Waals surface area contributed by atoms with Gasteiger partial charge in [0.15, 0.2) is 0 Å². The number of rotatable bonds is 4. The van der Waals surface area contributed by atoms with Gasteiger partial charge in [-0.15, -0.1) is 0 Å². The predicted molar refractivity (Wildman–Crippen MR) is 108 cm³/mol. The largest absolute Gasteiger partial charge is 0.433 e. The fourth-order valence-electron chi connectivity index (χ4n) is 5.72. The van der Waals surface area contributed by atoms with Gasteiger partial charge < -0.3 is 10.4 Å². The molecule has 9 heteroatoms. The molecule has 3 aliphatic carbocycles. The smallest absolute Gasteiger partial charge is 0.387 e. The van der Waals surface area contributed by atoms with E-state index in [0.717, 1.165) is 18.9 Å². The molecule has 0 radical (unpaired) electrons. The van der Waals surface area contributed by atoms with Gasteiger partial charge in [0.1, 0.15) is 5.69 Å². The molecule has 1 aromatic carbocycles. The summed E-state index contributed by atoms with van der Waals surface area (Å²) in [4.78, 5) is 3.27. The Labute approximate surface area is 182 Å². The van der Waals surface area contributed by atoms with Crippen molar-refractivity contribution in [1.82, 2.24) is 10.3 Å². The van der Waals surface area contributed by atoms with Crippen LogP contribution < -0.4 is 5.32 Å². The lowest BCUT2D eigenvalue weighted by atomic mass is 9.45.